The summed E-state index contributed by atoms with van der Waals surface area (Å²) in [5.41, 5.74) is 5.40. The maximum Gasteiger partial charge on any atom is 0.282 e. The van der Waals surface area contributed by atoms with E-state index >= 15 is 0 Å². The molecule has 0 saturated heterocycles. The lowest BCUT2D eigenvalue weighted by molar-refractivity contribution is 0.263. The van der Waals surface area contributed by atoms with Crippen LogP contribution in [0.1, 0.15) is 6.42 Å². The molecule has 1 aliphatic heterocycles. The van der Waals surface area contributed by atoms with Crippen molar-refractivity contribution in [2.45, 2.75) is 12.5 Å². The summed E-state index contributed by atoms with van der Waals surface area (Å²) in [5, 5.41) is 0.703. The molecule has 1 aromatic rings. The van der Waals surface area contributed by atoms with Gasteiger partial charge in [0.15, 0.2) is 0 Å². The lowest BCUT2D eigenvalue weighted by Crippen LogP contribution is -2.12. The van der Waals surface area contributed by atoms with E-state index in [1.165, 1.54) is 0 Å². The maximum atomic E-state index is 5.76. The van der Waals surface area contributed by atoms with Crippen molar-refractivity contribution in [2.75, 3.05) is 13.2 Å². The number of hydrogen-bond acceptors (Lipinski definition) is 4. The van der Waals surface area contributed by atoms with E-state index in [1.807, 2.05) is 12.1 Å². The van der Waals surface area contributed by atoms with E-state index in [2.05, 4.69) is 4.99 Å². The predicted molar refractivity (Wildman–Crippen MR) is 62.9 cm³/mol. The van der Waals surface area contributed by atoms with E-state index < -0.39 is 0 Å². The summed E-state index contributed by atoms with van der Waals surface area (Å²) in [6.07, 6.45) is 0.795. The number of ether oxygens (including phenoxy) is 2. The maximum absolute atomic E-state index is 5.76. The van der Waals surface area contributed by atoms with Crippen molar-refractivity contribution in [3.63, 3.8) is 0 Å². The molecule has 0 saturated carbocycles. The van der Waals surface area contributed by atoms with Gasteiger partial charge < -0.3 is 15.2 Å². The first-order chi connectivity index (χ1) is 7.74. The van der Waals surface area contributed by atoms with Crippen LogP contribution in [0.4, 0.5) is 0 Å². The van der Waals surface area contributed by atoms with Crippen LogP contribution in [0, 0.1) is 0 Å². The molecule has 1 aromatic carbocycles. The second-order valence-corrected chi connectivity index (χ2v) is 3.96. The summed E-state index contributed by atoms with van der Waals surface area (Å²) in [4.78, 5) is 4.10. The van der Waals surface area contributed by atoms with E-state index in [1.54, 1.807) is 12.1 Å². The zero-order valence-corrected chi connectivity index (χ0v) is 9.48. The molecule has 4 nitrogen and oxygen atoms in total. The van der Waals surface area contributed by atoms with Gasteiger partial charge in [-0.3, -0.25) is 0 Å². The fraction of sp³-hybridized carbons (Fsp3) is 0.364. The Morgan fingerprint density at radius 2 is 2.19 bits per heavy atom. The van der Waals surface area contributed by atoms with Crippen LogP contribution in [0.5, 0.6) is 5.75 Å². The van der Waals surface area contributed by atoms with Crippen molar-refractivity contribution in [3.8, 4) is 5.75 Å². The molecule has 1 aliphatic rings. The normalized spacial score (nSPS) is 19.1. The minimum Gasteiger partial charge on any atom is -0.494 e. The Morgan fingerprint density at radius 1 is 1.44 bits per heavy atom. The largest absolute Gasteiger partial charge is 0.494 e. The van der Waals surface area contributed by atoms with E-state index in [9.17, 15) is 0 Å². The molecule has 2 rings (SSSR count). The van der Waals surface area contributed by atoms with Crippen LogP contribution in [0.3, 0.4) is 0 Å². The van der Waals surface area contributed by atoms with Crippen LogP contribution in [0.2, 0.25) is 5.02 Å². The van der Waals surface area contributed by atoms with E-state index in [-0.39, 0.29) is 12.1 Å². The van der Waals surface area contributed by atoms with Crippen molar-refractivity contribution < 1.29 is 9.47 Å². The van der Waals surface area contributed by atoms with Crippen molar-refractivity contribution in [1.82, 2.24) is 0 Å². The molecule has 2 N–H and O–H groups in total. The zero-order chi connectivity index (χ0) is 11.4. The van der Waals surface area contributed by atoms with Gasteiger partial charge >= 0.3 is 0 Å². The number of halogens is 1. The molecule has 1 heterocycles. The Morgan fingerprint density at radius 3 is 2.81 bits per heavy atom. The quantitative estimate of drug-likeness (QED) is 0.874. The zero-order valence-electron chi connectivity index (χ0n) is 8.73. The second kappa shape index (κ2) is 5.07. The smallest absolute Gasteiger partial charge is 0.282 e. The summed E-state index contributed by atoms with van der Waals surface area (Å²) in [6, 6.07) is 7.66. The number of nitrogens with zero attached hydrogens (tertiary/aromatic N) is 1. The van der Waals surface area contributed by atoms with Gasteiger partial charge in [-0.15, -0.1) is 0 Å². The fourth-order valence-corrected chi connectivity index (χ4v) is 1.55. The van der Waals surface area contributed by atoms with Crippen LogP contribution in [0.25, 0.3) is 0 Å². The first-order valence-corrected chi connectivity index (χ1v) is 5.46. The molecule has 16 heavy (non-hydrogen) atoms. The van der Waals surface area contributed by atoms with Crippen molar-refractivity contribution in [2.24, 2.45) is 10.7 Å². The number of benzene rings is 1. The van der Waals surface area contributed by atoms with Gasteiger partial charge in [-0.25, -0.2) is 4.99 Å². The molecule has 0 aliphatic carbocycles. The molecule has 1 unspecified atom stereocenters. The van der Waals surface area contributed by atoms with E-state index in [0.717, 1.165) is 12.2 Å². The summed E-state index contributed by atoms with van der Waals surface area (Å²) >= 11 is 5.76. The summed E-state index contributed by atoms with van der Waals surface area (Å²) in [6.45, 7) is 1.14. The highest BCUT2D eigenvalue weighted by Crippen LogP contribution is 2.16. The molecule has 0 radical (unpaired) electrons. The molecular weight excluding hydrogens is 228 g/mol. The minimum absolute atomic E-state index is 0.118. The number of hydrogen-bond donors (Lipinski definition) is 1. The number of amidine groups is 1. The van der Waals surface area contributed by atoms with Crippen LogP contribution < -0.4 is 10.5 Å². The SMILES string of the molecule is NC1=NC(CCOc2ccc(Cl)cc2)CO1. The average Bonchev–Trinajstić information content (AvgIpc) is 2.67. The minimum atomic E-state index is 0.118. The third kappa shape index (κ3) is 3.03. The standard InChI is InChI=1S/C11H13ClN2O2/c12-8-1-3-10(4-2-8)15-6-5-9-7-16-11(13)14-9/h1-4,9H,5-7H2,(H2,13,14). The van der Waals surface area contributed by atoms with Gasteiger partial charge in [0.1, 0.15) is 12.4 Å². The molecule has 86 valence electrons. The first kappa shape index (κ1) is 11.1. The number of nitrogens with two attached hydrogens (primary N) is 1. The Hall–Kier alpha value is -1.42. The highest BCUT2D eigenvalue weighted by Gasteiger charge is 2.16. The molecule has 0 bridgehead atoms. The first-order valence-electron chi connectivity index (χ1n) is 5.08. The molecule has 0 fully saturated rings. The summed E-state index contributed by atoms with van der Waals surface area (Å²) in [7, 11) is 0. The highest BCUT2D eigenvalue weighted by atomic mass is 35.5. The van der Waals surface area contributed by atoms with Gasteiger partial charge in [0, 0.05) is 11.4 Å². The molecule has 0 amide bonds. The number of aliphatic imine (C=N–C) groups is 1. The molecule has 0 aromatic heterocycles. The fourth-order valence-electron chi connectivity index (χ4n) is 1.43. The molecule has 1 atom stereocenters. The van der Waals surface area contributed by atoms with Gasteiger partial charge in [-0.2, -0.15) is 0 Å². The topological polar surface area (TPSA) is 56.8 Å². The van der Waals surface area contributed by atoms with Crippen LogP contribution >= 0.6 is 11.6 Å². The Kier molecular flexibility index (Phi) is 3.51. The van der Waals surface area contributed by atoms with Crippen molar-refractivity contribution in [1.29, 1.82) is 0 Å². The van der Waals surface area contributed by atoms with Gasteiger partial charge in [0.2, 0.25) is 0 Å². The van der Waals surface area contributed by atoms with Crippen LogP contribution in [-0.2, 0) is 4.74 Å². The average molecular weight is 241 g/mol. The summed E-state index contributed by atoms with van der Waals surface area (Å²) < 4.78 is 10.6. The highest BCUT2D eigenvalue weighted by molar-refractivity contribution is 6.30. The van der Waals surface area contributed by atoms with Gasteiger partial charge in [0.25, 0.3) is 6.02 Å². The summed E-state index contributed by atoms with van der Waals surface area (Å²) in [5.74, 6) is 0.806. The Labute approximate surface area is 99.0 Å². The lowest BCUT2D eigenvalue weighted by atomic mass is 10.2. The predicted octanol–water partition coefficient (Wildman–Crippen LogP) is 1.82. The molecular formula is C11H13ClN2O2. The lowest BCUT2D eigenvalue weighted by Gasteiger charge is -2.07. The number of rotatable bonds is 4. The van der Waals surface area contributed by atoms with E-state index in [4.69, 9.17) is 26.8 Å². The van der Waals surface area contributed by atoms with Gasteiger partial charge in [-0.05, 0) is 24.3 Å². The Balaban J connectivity index is 1.74. The van der Waals surface area contributed by atoms with Crippen LogP contribution in [0.15, 0.2) is 29.3 Å². The van der Waals surface area contributed by atoms with Gasteiger partial charge in [0.05, 0.1) is 12.6 Å². The Bertz CT molecular complexity index is 378. The molecule has 0 spiro atoms. The second-order valence-electron chi connectivity index (χ2n) is 3.52. The van der Waals surface area contributed by atoms with Crippen LogP contribution in [-0.4, -0.2) is 25.3 Å². The van der Waals surface area contributed by atoms with Crippen molar-refractivity contribution >= 4 is 17.6 Å². The third-order valence-electron chi connectivity index (χ3n) is 2.27. The van der Waals surface area contributed by atoms with Gasteiger partial charge in [-0.1, -0.05) is 11.6 Å². The third-order valence-corrected chi connectivity index (χ3v) is 2.52. The van der Waals surface area contributed by atoms with E-state index in [0.29, 0.717) is 18.2 Å². The van der Waals surface area contributed by atoms with Crippen molar-refractivity contribution in [3.05, 3.63) is 29.3 Å². The monoisotopic (exact) mass is 240 g/mol. The molecule has 5 heteroatoms.